The average Bonchev–Trinajstić information content (AvgIpc) is 2.55. The van der Waals surface area contributed by atoms with Crippen molar-refractivity contribution in [2.75, 3.05) is 18.1 Å². The van der Waals surface area contributed by atoms with Gasteiger partial charge in [0.25, 0.3) is 5.91 Å². The van der Waals surface area contributed by atoms with Crippen LogP contribution in [0.4, 0.5) is 5.69 Å². The Balaban J connectivity index is 1.90. The SMILES string of the molecule is CCOc1ccc(C(=O)N2CCCc3ccccc32)cc1Br. The summed E-state index contributed by atoms with van der Waals surface area (Å²) < 4.78 is 6.31. The largest absolute Gasteiger partial charge is 0.493 e. The second-order valence-corrected chi connectivity index (χ2v) is 6.12. The summed E-state index contributed by atoms with van der Waals surface area (Å²) in [6.45, 7) is 3.31. The topological polar surface area (TPSA) is 29.5 Å². The zero-order valence-electron chi connectivity index (χ0n) is 12.5. The van der Waals surface area contributed by atoms with Crippen LogP contribution in [0.2, 0.25) is 0 Å². The van der Waals surface area contributed by atoms with Crippen molar-refractivity contribution >= 4 is 27.5 Å². The minimum Gasteiger partial charge on any atom is -0.493 e. The van der Waals surface area contributed by atoms with Crippen LogP contribution in [0, 0.1) is 0 Å². The van der Waals surface area contributed by atoms with Gasteiger partial charge in [0.1, 0.15) is 5.75 Å². The van der Waals surface area contributed by atoms with E-state index in [0.29, 0.717) is 12.2 Å². The van der Waals surface area contributed by atoms with Crippen molar-refractivity contribution in [3.63, 3.8) is 0 Å². The van der Waals surface area contributed by atoms with Gasteiger partial charge in [-0.15, -0.1) is 0 Å². The van der Waals surface area contributed by atoms with Crippen molar-refractivity contribution < 1.29 is 9.53 Å². The number of benzene rings is 2. The third-order valence-electron chi connectivity index (χ3n) is 3.83. The third-order valence-corrected chi connectivity index (χ3v) is 4.45. The van der Waals surface area contributed by atoms with Crippen molar-refractivity contribution in [1.29, 1.82) is 0 Å². The first-order valence-corrected chi connectivity index (χ1v) is 8.32. The first-order valence-electron chi connectivity index (χ1n) is 7.53. The summed E-state index contributed by atoms with van der Waals surface area (Å²) in [5.74, 6) is 0.800. The fourth-order valence-corrected chi connectivity index (χ4v) is 3.30. The first-order chi connectivity index (χ1) is 10.7. The quantitative estimate of drug-likeness (QED) is 0.810. The summed E-state index contributed by atoms with van der Waals surface area (Å²) in [5.41, 5.74) is 2.95. The van der Waals surface area contributed by atoms with Gasteiger partial charge in [0, 0.05) is 17.8 Å². The Hall–Kier alpha value is -1.81. The molecule has 1 amide bonds. The Morgan fingerprint density at radius 1 is 1.27 bits per heavy atom. The third kappa shape index (κ3) is 2.88. The van der Waals surface area contributed by atoms with Crippen LogP contribution in [0.15, 0.2) is 46.9 Å². The number of hydrogen-bond donors (Lipinski definition) is 0. The molecule has 114 valence electrons. The molecular formula is C18H18BrNO2. The van der Waals surface area contributed by atoms with Crippen molar-refractivity contribution in [2.24, 2.45) is 0 Å². The number of anilines is 1. The first kappa shape index (κ1) is 15.1. The molecule has 22 heavy (non-hydrogen) atoms. The molecule has 0 saturated carbocycles. The van der Waals surface area contributed by atoms with Gasteiger partial charge in [-0.25, -0.2) is 0 Å². The minimum atomic E-state index is 0.0379. The van der Waals surface area contributed by atoms with Crippen LogP contribution >= 0.6 is 15.9 Å². The van der Waals surface area contributed by atoms with E-state index in [-0.39, 0.29) is 5.91 Å². The molecule has 0 radical (unpaired) electrons. The molecule has 4 heteroatoms. The molecule has 3 nitrogen and oxygen atoms in total. The number of para-hydroxylation sites is 1. The maximum atomic E-state index is 12.8. The van der Waals surface area contributed by atoms with Gasteiger partial charge in [0.15, 0.2) is 0 Å². The molecule has 1 aliphatic rings. The summed E-state index contributed by atoms with van der Waals surface area (Å²) >= 11 is 3.48. The van der Waals surface area contributed by atoms with E-state index < -0.39 is 0 Å². The molecular weight excluding hydrogens is 342 g/mol. The summed E-state index contributed by atoms with van der Waals surface area (Å²) in [6, 6.07) is 13.6. The van der Waals surface area contributed by atoms with E-state index in [1.165, 1.54) is 5.56 Å². The molecule has 0 aliphatic carbocycles. The van der Waals surface area contributed by atoms with Gasteiger partial charge in [-0.2, -0.15) is 0 Å². The second kappa shape index (κ2) is 6.53. The van der Waals surface area contributed by atoms with Gasteiger partial charge in [-0.05, 0) is 65.5 Å². The van der Waals surface area contributed by atoms with E-state index in [2.05, 4.69) is 22.0 Å². The second-order valence-electron chi connectivity index (χ2n) is 5.27. The summed E-state index contributed by atoms with van der Waals surface area (Å²) in [4.78, 5) is 14.7. The molecule has 0 spiro atoms. The van der Waals surface area contributed by atoms with E-state index in [0.717, 1.165) is 35.3 Å². The monoisotopic (exact) mass is 359 g/mol. The number of amides is 1. The van der Waals surface area contributed by atoms with Crippen molar-refractivity contribution in [3.8, 4) is 5.75 Å². The molecule has 0 aromatic heterocycles. The number of aryl methyl sites for hydroxylation is 1. The van der Waals surface area contributed by atoms with E-state index in [4.69, 9.17) is 4.74 Å². The van der Waals surface area contributed by atoms with Gasteiger partial charge >= 0.3 is 0 Å². The lowest BCUT2D eigenvalue weighted by Crippen LogP contribution is -2.35. The van der Waals surface area contributed by atoms with Crippen LogP contribution in [0.5, 0.6) is 5.75 Å². The Morgan fingerprint density at radius 3 is 2.86 bits per heavy atom. The molecule has 2 aromatic carbocycles. The fourth-order valence-electron chi connectivity index (χ4n) is 2.81. The molecule has 1 aliphatic heterocycles. The number of nitrogens with zero attached hydrogens (tertiary/aromatic N) is 1. The van der Waals surface area contributed by atoms with Crippen molar-refractivity contribution in [1.82, 2.24) is 0 Å². The maximum absolute atomic E-state index is 12.8. The Morgan fingerprint density at radius 2 is 2.09 bits per heavy atom. The summed E-state index contributed by atoms with van der Waals surface area (Å²) in [6.07, 6.45) is 2.04. The Bertz CT molecular complexity index is 699. The normalized spacial score (nSPS) is 13.6. The van der Waals surface area contributed by atoms with Crippen molar-refractivity contribution in [2.45, 2.75) is 19.8 Å². The highest BCUT2D eigenvalue weighted by Gasteiger charge is 2.23. The summed E-state index contributed by atoms with van der Waals surface area (Å²) in [5, 5.41) is 0. The van der Waals surface area contributed by atoms with Gasteiger partial charge in [0.2, 0.25) is 0 Å². The van der Waals surface area contributed by atoms with E-state index in [1.54, 1.807) is 0 Å². The van der Waals surface area contributed by atoms with E-state index >= 15 is 0 Å². The van der Waals surface area contributed by atoms with Crippen LogP contribution in [-0.2, 0) is 6.42 Å². The molecule has 0 fully saturated rings. The van der Waals surface area contributed by atoms with Crippen LogP contribution in [-0.4, -0.2) is 19.1 Å². The summed E-state index contributed by atoms with van der Waals surface area (Å²) in [7, 11) is 0. The zero-order valence-corrected chi connectivity index (χ0v) is 14.1. The molecule has 0 bridgehead atoms. The zero-order chi connectivity index (χ0) is 15.5. The maximum Gasteiger partial charge on any atom is 0.258 e. The smallest absolute Gasteiger partial charge is 0.258 e. The molecule has 0 unspecified atom stereocenters. The van der Waals surface area contributed by atoms with Gasteiger partial charge in [0.05, 0.1) is 11.1 Å². The molecule has 0 saturated heterocycles. The molecule has 1 heterocycles. The fraction of sp³-hybridized carbons (Fsp3) is 0.278. The molecule has 0 atom stereocenters. The molecule has 2 aromatic rings. The van der Waals surface area contributed by atoms with Gasteiger partial charge in [-0.1, -0.05) is 18.2 Å². The Labute approximate surface area is 139 Å². The predicted molar refractivity (Wildman–Crippen MR) is 91.8 cm³/mol. The van der Waals surface area contributed by atoms with Crippen LogP contribution < -0.4 is 9.64 Å². The lowest BCUT2D eigenvalue weighted by molar-refractivity contribution is 0.0985. The average molecular weight is 360 g/mol. The van der Waals surface area contributed by atoms with Crippen LogP contribution in [0.3, 0.4) is 0 Å². The van der Waals surface area contributed by atoms with Crippen LogP contribution in [0.1, 0.15) is 29.3 Å². The highest BCUT2D eigenvalue weighted by Crippen LogP contribution is 2.30. The molecule has 3 rings (SSSR count). The van der Waals surface area contributed by atoms with Gasteiger partial charge < -0.3 is 9.64 Å². The standard InChI is InChI=1S/C18H18BrNO2/c1-2-22-17-10-9-14(12-15(17)19)18(21)20-11-5-7-13-6-3-4-8-16(13)20/h3-4,6,8-10,12H,2,5,7,11H2,1H3. The predicted octanol–water partition coefficient (Wildman–Crippen LogP) is 4.44. The lowest BCUT2D eigenvalue weighted by Gasteiger charge is -2.29. The highest BCUT2D eigenvalue weighted by molar-refractivity contribution is 9.10. The number of carbonyl (C=O) groups excluding carboxylic acids is 1. The van der Waals surface area contributed by atoms with E-state index in [1.807, 2.05) is 48.2 Å². The number of carbonyl (C=O) groups is 1. The highest BCUT2D eigenvalue weighted by atomic mass is 79.9. The van der Waals surface area contributed by atoms with Crippen molar-refractivity contribution in [3.05, 3.63) is 58.1 Å². The van der Waals surface area contributed by atoms with Crippen LogP contribution in [0.25, 0.3) is 0 Å². The Kier molecular flexibility index (Phi) is 4.48. The molecule has 0 N–H and O–H groups in total. The minimum absolute atomic E-state index is 0.0379. The lowest BCUT2D eigenvalue weighted by atomic mass is 10.0. The number of hydrogen-bond acceptors (Lipinski definition) is 2. The van der Waals surface area contributed by atoms with Gasteiger partial charge in [-0.3, -0.25) is 4.79 Å². The number of ether oxygens (including phenoxy) is 1. The number of halogens is 1. The number of fused-ring (bicyclic) bond motifs is 1. The van der Waals surface area contributed by atoms with E-state index in [9.17, 15) is 4.79 Å². The number of rotatable bonds is 3.